The summed E-state index contributed by atoms with van der Waals surface area (Å²) in [4.78, 5) is 37.6. The number of nitrogens with one attached hydrogen (secondary N) is 1. The van der Waals surface area contributed by atoms with Gasteiger partial charge in [-0.2, -0.15) is 4.31 Å². The minimum absolute atomic E-state index is 0.0219. The highest BCUT2D eigenvalue weighted by Crippen LogP contribution is 2.49. The number of fused-ring (bicyclic) bond motifs is 1. The number of anilines is 1. The molecule has 1 unspecified atom stereocenters. The Morgan fingerprint density at radius 1 is 0.900 bits per heavy atom. The molecule has 10 nitrogen and oxygen atoms in total. The zero-order chi connectivity index (χ0) is 28.7. The van der Waals surface area contributed by atoms with Gasteiger partial charge in [0.2, 0.25) is 0 Å². The summed E-state index contributed by atoms with van der Waals surface area (Å²) >= 11 is 12.8. The zero-order valence-corrected chi connectivity index (χ0v) is 22.5. The number of ether oxygens (including phenoxy) is 1. The van der Waals surface area contributed by atoms with Gasteiger partial charge in [-0.05, 0) is 48.5 Å². The second kappa shape index (κ2) is 10.3. The Morgan fingerprint density at radius 3 is 2.20 bits per heavy atom. The highest BCUT2D eigenvalue weighted by molar-refractivity contribution is 7.93. The van der Waals surface area contributed by atoms with Crippen LogP contribution >= 0.6 is 23.2 Å². The number of nitrogens with zero attached hydrogens (tertiary/aromatic N) is 2. The molecule has 202 valence electrons. The smallest absolute Gasteiger partial charge is 0.410 e. The number of non-ortho nitro benzene ring substituents is 1. The third-order valence-corrected chi connectivity index (χ3v) is 8.47. The molecular weight excluding hydrogens is 581 g/mol. The van der Waals surface area contributed by atoms with E-state index in [1.165, 1.54) is 42.5 Å². The zero-order valence-electron chi connectivity index (χ0n) is 20.2. The lowest BCUT2D eigenvalue weighted by Gasteiger charge is -2.30. The van der Waals surface area contributed by atoms with Crippen LogP contribution in [0.4, 0.5) is 16.2 Å². The molecule has 0 bridgehead atoms. The molecule has 1 aliphatic rings. The summed E-state index contributed by atoms with van der Waals surface area (Å²) < 4.78 is 33.7. The van der Waals surface area contributed by atoms with E-state index in [0.717, 1.165) is 24.3 Å². The number of halogens is 2. The molecule has 0 saturated heterocycles. The van der Waals surface area contributed by atoms with Crippen LogP contribution in [0.15, 0.2) is 102 Å². The molecule has 1 atom stereocenters. The molecule has 0 aliphatic carbocycles. The molecule has 4 aromatic rings. The van der Waals surface area contributed by atoms with E-state index in [-0.39, 0.29) is 38.3 Å². The van der Waals surface area contributed by atoms with E-state index in [2.05, 4.69) is 5.32 Å². The van der Waals surface area contributed by atoms with Gasteiger partial charge >= 0.3 is 6.09 Å². The molecule has 0 saturated carbocycles. The molecule has 5 rings (SSSR count). The van der Waals surface area contributed by atoms with Crippen LogP contribution in [-0.2, 0) is 20.4 Å². The van der Waals surface area contributed by atoms with Gasteiger partial charge in [0.1, 0.15) is 5.75 Å². The first-order valence-corrected chi connectivity index (χ1v) is 13.7. The summed E-state index contributed by atoms with van der Waals surface area (Å²) in [5.74, 6) is -0.928. The van der Waals surface area contributed by atoms with E-state index in [1.54, 1.807) is 30.3 Å². The lowest BCUT2D eigenvalue weighted by Crippen LogP contribution is -2.55. The maximum absolute atomic E-state index is 14.4. The number of carbonyl (C=O) groups excluding carboxylic acids is 2. The first kappa shape index (κ1) is 27.1. The average Bonchev–Trinajstić information content (AvgIpc) is 3.17. The Balaban J connectivity index is 1.71. The predicted molar refractivity (Wildman–Crippen MR) is 147 cm³/mol. The number of benzene rings is 4. The molecule has 4 aromatic carbocycles. The second-order valence-corrected chi connectivity index (χ2v) is 11.2. The first-order chi connectivity index (χ1) is 19.1. The van der Waals surface area contributed by atoms with Gasteiger partial charge in [0.25, 0.3) is 21.6 Å². The Labute approximate surface area is 237 Å². The van der Waals surface area contributed by atoms with Crippen LogP contribution in [0.3, 0.4) is 0 Å². The van der Waals surface area contributed by atoms with Gasteiger partial charge in [-0.3, -0.25) is 20.2 Å². The van der Waals surface area contributed by atoms with Crippen LogP contribution < -0.4 is 14.4 Å². The fourth-order valence-corrected chi connectivity index (χ4v) is 6.35. The summed E-state index contributed by atoms with van der Waals surface area (Å²) in [5, 5.41) is 13.8. The Hall–Kier alpha value is -4.45. The Kier molecular flexibility index (Phi) is 6.96. The third-order valence-electron chi connectivity index (χ3n) is 6.19. The van der Waals surface area contributed by atoms with Crippen molar-refractivity contribution in [1.29, 1.82) is 0 Å². The van der Waals surface area contributed by atoms with E-state index in [1.807, 2.05) is 0 Å². The maximum atomic E-state index is 14.4. The molecule has 0 spiro atoms. The second-order valence-electron chi connectivity index (χ2n) is 8.54. The van der Waals surface area contributed by atoms with E-state index in [4.69, 9.17) is 27.9 Å². The van der Waals surface area contributed by atoms with Crippen LogP contribution in [0.2, 0.25) is 10.0 Å². The largest absolute Gasteiger partial charge is 0.414 e. The maximum Gasteiger partial charge on any atom is 0.414 e. The summed E-state index contributed by atoms with van der Waals surface area (Å²) in [7, 11) is -4.66. The molecule has 1 heterocycles. The number of nitro benzene ring substituents is 1. The summed E-state index contributed by atoms with van der Waals surface area (Å²) in [6.07, 6.45) is -1.07. The molecule has 1 aliphatic heterocycles. The summed E-state index contributed by atoms with van der Waals surface area (Å²) in [6.45, 7) is 0. The summed E-state index contributed by atoms with van der Waals surface area (Å²) in [5.41, 5.74) is -2.54. The number of hydrogen-bond donors (Lipinski definition) is 1. The van der Waals surface area contributed by atoms with Crippen LogP contribution in [-0.4, -0.2) is 25.3 Å². The summed E-state index contributed by atoms with van der Waals surface area (Å²) in [6, 6.07) is 22.3. The van der Waals surface area contributed by atoms with Crippen LogP contribution in [0.25, 0.3) is 0 Å². The van der Waals surface area contributed by atoms with E-state index in [9.17, 15) is 28.1 Å². The van der Waals surface area contributed by atoms with Gasteiger partial charge in [-0.15, -0.1) is 0 Å². The van der Waals surface area contributed by atoms with Crippen molar-refractivity contribution >= 4 is 56.6 Å². The minimum Gasteiger partial charge on any atom is -0.410 e. The Morgan fingerprint density at radius 2 is 1.55 bits per heavy atom. The van der Waals surface area contributed by atoms with Crippen LogP contribution in [0.5, 0.6) is 5.75 Å². The van der Waals surface area contributed by atoms with E-state index < -0.39 is 37.4 Å². The molecule has 0 fully saturated rings. The van der Waals surface area contributed by atoms with Crippen molar-refractivity contribution in [3.63, 3.8) is 0 Å². The molecule has 0 aromatic heterocycles. The minimum atomic E-state index is -4.66. The molecular formula is C27H17Cl2N3O7S. The fraction of sp³-hybridized carbons (Fsp3) is 0.0370. The van der Waals surface area contributed by atoms with Crippen molar-refractivity contribution in [3.05, 3.63) is 128 Å². The number of sulfonamides is 1. The normalized spacial score (nSPS) is 16.4. The van der Waals surface area contributed by atoms with Gasteiger partial charge in [0.05, 0.1) is 15.5 Å². The van der Waals surface area contributed by atoms with Crippen molar-refractivity contribution in [2.45, 2.75) is 10.4 Å². The molecule has 2 amide bonds. The van der Waals surface area contributed by atoms with Crippen molar-refractivity contribution < 1.29 is 27.7 Å². The van der Waals surface area contributed by atoms with E-state index in [0.29, 0.717) is 4.31 Å². The first-order valence-electron chi connectivity index (χ1n) is 11.5. The quantitative estimate of drug-likeness (QED) is 0.223. The van der Waals surface area contributed by atoms with Crippen LogP contribution in [0.1, 0.15) is 11.1 Å². The van der Waals surface area contributed by atoms with Crippen molar-refractivity contribution in [1.82, 2.24) is 5.32 Å². The van der Waals surface area contributed by atoms with Gasteiger partial charge in [0.15, 0.2) is 5.54 Å². The highest BCUT2D eigenvalue weighted by atomic mass is 35.5. The fourth-order valence-electron chi connectivity index (χ4n) is 4.43. The lowest BCUT2D eigenvalue weighted by atomic mass is 9.84. The Bertz CT molecular complexity index is 1770. The average molecular weight is 598 g/mol. The highest BCUT2D eigenvalue weighted by Gasteiger charge is 2.58. The number of nitro groups is 1. The number of carbonyl (C=O) groups is 2. The number of amides is 2. The molecule has 13 heteroatoms. The third kappa shape index (κ3) is 4.53. The van der Waals surface area contributed by atoms with Gasteiger partial charge in [0, 0.05) is 33.3 Å². The standard InChI is InChI=1S/C27H17Cl2N3O7S/c28-17-10-15-24-22(16-17)27(21-8-4-5-9-23(21)29,30-26(34)39-19-6-2-1-3-7-19)25(33)31(24)40(37,38)20-13-11-18(12-14-20)32(35)36/h1-16H,(H,30,34). The molecule has 1 N–H and O–H groups in total. The van der Waals surface area contributed by atoms with Crippen molar-refractivity contribution in [2.75, 3.05) is 4.31 Å². The predicted octanol–water partition coefficient (Wildman–Crippen LogP) is 5.67. The van der Waals surface area contributed by atoms with Crippen LogP contribution in [0, 0.1) is 10.1 Å². The van der Waals surface area contributed by atoms with E-state index >= 15 is 0 Å². The number of rotatable bonds is 6. The van der Waals surface area contributed by atoms with Crippen molar-refractivity contribution in [3.8, 4) is 5.75 Å². The van der Waals surface area contributed by atoms with Crippen molar-refractivity contribution in [2.24, 2.45) is 0 Å². The van der Waals surface area contributed by atoms with Gasteiger partial charge in [-0.25, -0.2) is 13.2 Å². The SMILES string of the molecule is O=C(NC1(c2ccccc2Cl)C(=O)N(S(=O)(=O)c2ccc([N+](=O)[O-])cc2)c2ccc(Cl)cc21)Oc1ccccc1. The monoisotopic (exact) mass is 597 g/mol. The molecule has 0 radical (unpaired) electrons. The number of hydrogen-bond acceptors (Lipinski definition) is 7. The topological polar surface area (TPSA) is 136 Å². The van der Waals surface area contributed by atoms with Gasteiger partial charge in [-0.1, -0.05) is 59.6 Å². The molecule has 40 heavy (non-hydrogen) atoms. The lowest BCUT2D eigenvalue weighted by molar-refractivity contribution is -0.384. The van der Waals surface area contributed by atoms with Gasteiger partial charge < -0.3 is 4.74 Å². The number of para-hydroxylation sites is 1.